The van der Waals surface area contributed by atoms with Gasteiger partial charge >= 0.3 is 0 Å². The van der Waals surface area contributed by atoms with Crippen molar-refractivity contribution in [1.82, 2.24) is 0 Å². The number of ether oxygens (including phenoxy) is 5. The van der Waals surface area contributed by atoms with E-state index in [1.807, 2.05) is 30.3 Å². The molecule has 0 spiro atoms. The fourth-order valence-corrected chi connectivity index (χ4v) is 3.87. The standard InChI is InChI=1S/C29H30O7/c1-5-6-14-34-28-26(35-18-19-10-8-7-9-11-19)17-25-27(29(28)33-4)21(30)16-23(36-25)20-12-13-22(31-2)24(15-20)32-3/h7-13,15-17H,5-6,14,18H2,1-4H3. The highest BCUT2D eigenvalue weighted by Crippen LogP contribution is 2.44. The van der Waals surface area contributed by atoms with Crippen molar-refractivity contribution in [2.45, 2.75) is 26.4 Å². The van der Waals surface area contributed by atoms with E-state index in [2.05, 4.69) is 6.92 Å². The number of hydrogen-bond donors (Lipinski definition) is 0. The Morgan fingerprint density at radius 1 is 0.778 bits per heavy atom. The van der Waals surface area contributed by atoms with Gasteiger partial charge in [-0.1, -0.05) is 43.7 Å². The van der Waals surface area contributed by atoms with Crippen LogP contribution < -0.4 is 29.1 Å². The molecule has 3 aromatic carbocycles. The van der Waals surface area contributed by atoms with Crippen molar-refractivity contribution in [3.63, 3.8) is 0 Å². The molecule has 0 saturated carbocycles. The number of methoxy groups -OCH3 is 3. The minimum atomic E-state index is -0.257. The summed E-state index contributed by atoms with van der Waals surface area (Å²) in [6.07, 6.45) is 1.82. The van der Waals surface area contributed by atoms with Gasteiger partial charge in [-0.3, -0.25) is 4.79 Å². The Morgan fingerprint density at radius 2 is 1.56 bits per heavy atom. The maximum absolute atomic E-state index is 13.3. The van der Waals surface area contributed by atoms with Gasteiger partial charge in [-0.05, 0) is 30.2 Å². The van der Waals surface area contributed by atoms with Crippen molar-refractivity contribution >= 4 is 11.0 Å². The fourth-order valence-electron chi connectivity index (χ4n) is 3.87. The Labute approximate surface area is 210 Å². The van der Waals surface area contributed by atoms with Crippen molar-refractivity contribution < 1.29 is 28.1 Å². The SMILES string of the molecule is CCCCOc1c(OCc2ccccc2)cc2oc(-c3ccc(OC)c(OC)c3)cc(=O)c2c1OC. The molecular formula is C29H30O7. The molecule has 0 unspecified atom stereocenters. The van der Waals surface area contributed by atoms with Gasteiger partial charge in [-0.15, -0.1) is 0 Å². The average Bonchev–Trinajstić information content (AvgIpc) is 2.91. The van der Waals surface area contributed by atoms with Gasteiger partial charge in [0.25, 0.3) is 0 Å². The second kappa shape index (κ2) is 11.5. The van der Waals surface area contributed by atoms with E-state index < -0.39 is 0 Å². The number of hydrogen-bond acceptors (Lipinski definition) is 7. The summed E-state index contributed by atoms with van der Waals surface area (Å²) in [5.74, 6) is 2.61. The first-order valence-electron chi connectivity index (χ1n) is 11.8. The second-order valence-electron chi connectivity index (χ2n) is 8.13. The van der Waals surface area contributed by atoms with Crippen LogP contribution in [0.2, 0.25) is 0 Å². The highest BCUT2D eigenvalue weighted by molar-refractivity contribution is 5.90. The second-order valence-corrected chi connectivity index (χ2v) is 8.13. The van der Waals surface area contributed by atoms with Crippen LogP contribution in [0.25, 0.3) is 22.3 Å². The van der Waals surface area contributed by atoms with E-state index in [-0.39, 0.29) is 5.43 Å². The van der Waals surface area contributed by atoms with Crippen LogP contribution in [0.3, 0.4) is 0 Å². The van der Waals surface area contributed by atoms with Gasteiger partial charge in [0.15, 0.2) is 28.4 Å². The molecule has 4 rings (SSSR count). The topological polar surface area (TPSA) is 76.4 Å². The average molecular weight is 491 g/mol. The monoisotopic (exact) mass is 490 g/mol. The van der Waals surface area contributed by atoms with Crippen LogP contribution >= 0.6 is 0 Å². The van der Waals surface area contributed by atoms with E-state index in [1.165, 1.54) is 13.2 Å². The minimum Gasteiger partial charge on any atom is -0.493 e. The molecule has 0 bridgehead atoms. The molecule has 36 heavy (non-hydrogen) atoms. The third-order valence-electron chi connectivity index (χ3n) is 5.75. The first-order chi connectivity index (χ1) is 17.6. The predicted molar refractivity (Wildman–Crippen MR) is 139 cm³/mol. The first kappa shape index (κ1) is 25.0. The van der Waals surface area contributed by atoms with Gasteiger partial charge in [0, 0.05) is 17.7 Å². The molecule has 0 N–H and O–H groups in total. The lowest BCUT2D eigenvalue weighted by molar-refractivity contribution is 0.248. The molecular weight excluding hydrogens is 460 g/mol. The zero-order valence-electron chi connectivity index (χ0n) is 21.0. The summed E-state index contributed by atoms with van der Waals surface area (Å²) in [6.45, 7) is 2.87. The molecule has 0 fully saturated rings. The van der Waals surface area contributed by atoms with Gasteiger partial charge in [-0.2, -0.15) is 0 Å². The zero-order valence-corrected chi connectivity index (χ0v) is 21.0. The van der Waals surface area contributed by atoms with E-state index in [0.717, 1.165) is 18.4 Å². The Balaban J connectivity index is 1.84. The maximum Gasteiger partial charge on any atom is 0.204 e. The maximum atomic E-state index is 13.3. The minimum absolute atomic E-state index is 0.257. The summed E-state index contributed by atoms with van der Waals surface area (Å²) < 4.78 is 34.8. The quantitative estimate of drug-likeness (QED) is 0.230. The molecule has 0 aliphatic carbocycles. The van der Waals surface area contributed by atoms with Crippen molar-refractivity contribution in [3.8, 4) is 40.1 Å². The van der Waals surface area contributed by atoms with Crippen molar-refractivity contribution in [3.05, 3.63) is 76.5 Å². The molecule has 0 amide bonds. The summed E-state index contributed by atoms with van der Waals surface area (Å²) >= 11 is 0. The van der Waals surface area contributed by atoms with E-state index in [4.69, 9.17) is 28.1 Å². The number of benzene rings is 3. The Morgan fingerprint density at radius 3 is 2.25 bits per heavy atom. The van der Waals surface area contributed by atoms with Crippen LogP contribution in [-0.4, -0.2) is 27.9 Å². The van der Waals surface area contributed by atoms with Crippen LogP contribution in [0.5, 0.6) is 28.7 Å². The van der Waals surface area contributed by atoms with Gasteiger partial charge in [0.1, 0.15) is 23.3 Å². The van der Waals surface area contributed by atoms with Gasteiger partial charge in [-0.25, -0.2) is 0 Å². The Kier molecular flexibility index (Phi) is 8.00. The highest BCUT2D eigenvalue weighted by Gasteiger charge is 2.22. The number of fused-ring (bicyclic) bond motifs is 1. The molecule has 0 atom stereocenters. The Hall–Kier alpha value is -4.13. The van der Waals surface area contributed by atoms with E-state index >= 15 is 0 Å². The van der Waals surface area contributed by atoms with Gasteiger partial charge in [0.05, 0.1) is 27.9 Å². The zero-order chi connectivity index (χ0) is 25.5. The molecule has 0 aliphatic rings. The molecule has 0 saturated heterocycles. The molecule has 1 heterocycles. The molecule has 4 aromatic rings. The summed E-state index contributed by atoms with van der Waals surface area (Å²) in [5, 5.41) is 0.292. The van der Waals surface area contributed by atoms with Crippen molar-refractivity contribution in [2.75, 3.05) is 27.9 Å². The molecule has 188 valence electrons. The lowest BCUT2D eigenvalue weighted by Crippen LogP contribution is -2.08. The normalized spacial score (nSPS) is 10.8. The summed E-state index contributed by atoms with van der Waals surface area (Å²) in [6, 6.07) is 18.3. The van der Waals surface area contributed by atoms with E-state index in [9.17, 15) is 4.79 Å². The highest BCUT2D eigenvalue weighted by atomic mass is 16.5. The molecule has 7 heteroatoms. The number of rotatable bonds is 11. The summed E-state index contributed by atoms with van der Waals surface area (Å²) in [7, 11) is 4.63. The summed E-state index contributed by atoms with van der Waals surface area (Å²) in [5.41, 5.74) is 1.74. The smallest absolute Gasteiger partial charge is 0.204 e. The first-order valence-corrected chi connectivity index (χ1v) is 11.8. The summed E-state index contributed by atoms with van der Waals surface area (Å²) in [4.78, 5) is 13.3. The number of unbranched alkanes of at least 4 members (excludes halogenated alkanes) is 1. The molecule has 1 aromatic heterocycles. The van der Waals surface area contributed by atoms with Crippen LogP contribution in [0.1, 0.15) is 25.3 Å². The molecule has 0 radical (unpaired) electrons. The van der Waals surface area contributed by atoms with E-state index in [1.54, 1.807) is 38.5 Å². The van der Waals surface area contributed by atoms with Crippen LogP contribution in [0.15, 0.2) is 69.9 Å². The Bertz CT molecular complexity index is 1380. The fraction of sp³-hybridized carbons (Fsp3) is 0.276. The van der Waals surface area contributed by atoms with Crippen LogP contribution in [0.4, 0.5) is 0 Å². The predicted octanol–water partition coefficient (Wildman–Crippen LogP) is 6.24. The van der Waals surface area contributed by atoms with E-state index in [0.29, 0.717) is 64.3 Å². The third-order valence-corrected chi connectivity index (χ3v) is 5.75. The molecule has 7 nitrogen and oxygen atoms in total. The lowest BCUT2D eigenvalue weighted by Gasteiger charge is -2.18. The largest absolute Gasteiger partial charge is 0.493 e. The van der Waals surface area contributed by atoms with Gasteiger partial charge < -0.3 is 28.1 Å². The third kappa shape index (κ3) is 5.25. The van der Waals surface area contributed by atoms with Gasteiger partial charge in [0.2, 0.25) is 5.75 Å². The lowest BCUT2D eigenvalue weighted by atomic mass is 10.1. The van der Waals surface area contributed by atoms with Crippen LogP contribution in [0, 0.1) is 0 Å². The van der Waals surface area contributed by atoms with Crippen molar-refractivity contribution in [2.24, 2.45) is 0 Å². The molecule has 0 aliphatic heterocycles. The van der Waals surface area contributed by atoms with Crippen LogP contribution in [-0.2, 0) is 6.61 Å². The van der Waals surface area contributed by atoms with Crippen molar-refractivity contribution in [1.29, 1.82) is 0 Å².